The van der Waals surface area contributed by atoms with E-state index in [0.29, 0.717) is 6.61 Å². The smallest absolute Gasteiger partial charge is 0.119 e. The molecule has 0 aliphatic rings. The minimum Gasteiger partial charge on any atom is -0.492 e. The van der Waals surface area contributed by atoms with Crippen LogP contribution in [0.15, 0.2) is 84.9 Å². The van der Waals surface area contributed by atoms with Gasteiger partial charge in [0.15, 0.2) is 0 Å². The molecule has 3 rings (SSSR count). The van der Waals surface area contributed by atoms with E-state index in [1.807, 2.05) is 0 Å². The molecule has 0 N–H and O–H groups in total. The molecule has 0 spiro atoms. The number of rotatable bonds is 8. The van der Waals surface area contributed by atoms with Crippen LogP contribution in [-0.2, 0) is 0 Å². The first kappa shape index (κ1) is 22.6. The van der Waals surface area contributed by atoms with Crippen molar-refractivity contribution in [2.24, 2.45) is 0 Å². The topological polar surface area (TPSA) is 12.5 Å². The van der Waals surface area contributed by atoms with Gasteiger partial charge in [-0.05, 0) is 67.9 Å². The van der Waals surface area contributed by atoms with Crippen LogP contribution < -0.4 is 4.74 Å². The van der Waals surface area contributed by atoms with Crippen LogP contribution in [0.3, 0.4) is 0 Å². The van der Waals surface area contributed by atoms with Crippen molar-refractivity contribution < 1.29 is 4.74 Å². The molecular formula is C27H30INO. The van der Waals surface area contributed by atoms with Crippen LogP contribution in [0.25, 0.3) is 11.1 Å². The van der Waals surface area contributed by atoms with Gasteiger partial charge in [0.25, 0.3) is 0 Å². The van der Waals surface area contributed by atoms with Crippen LogP contribution in [0.1, 0.15) is 30.5 Å². The highest BCUT2D eigenvalue weighted by Crippen LogP contribution is 2.43. The summed E-state index contributed by atoms with van der Waals surface area (Å²) in [5.74, 6) is 0.906. The van der Waals surface area contributed by atoms with E-state index in [1.165, 1.54) is 27.8 Å². The van der Waals surface area contributed by atoms with Gasteiger partial charge in [-0.15, -0.1) is 0 Å². The molecule has 0 amide bonds. The van der Waals surface area contributed by atoms with Gasteiger partial charge in [-0.3, -0.25) is 0 Å². The first-order chi connectivity index (χ1) is 14.4. The minimum atomic E-state index is -0.0504. The molecule has 3 aromatic rings. The van der Waals surface area contributed by atoms with E-state index in [4.69, 9.17) is 4.74 Å². The Morgan fingerprint density at radius 2 is 1.27 bits per heavy atom. The third-order valence-electron chi connectivity index (χ3n) is 4.92. The standard InChI is InChI=1S/C27H30INO/c1-27(2,28)26(23-13-9-6-10-14-23)25(21-11-7-5-8-12-21)22-15-17-24(18-16-22)30-20-19-29(3)4/h5-18H,19-20H2,1-4H3/b26-25+. The molecule has 0 aromatic heterocycles. The number of hydrogen-bond donors (Lipinski definition) is 0. The van der Waals surface area contributed by atoms with E-state index in [-0.39, 0.29) is 3.42 Å². The zero-order valence-corrected chi connectivity index (χ0v) is 20.4. The Bertz CT molecular complexity index is 955. The van der Waals surface area contributed by atoms with Crippen molar-refractivity contribution in [2.75, 3.05) is 27.2 Å². The van der Waals surface area contributed by atoms with Crippen molar-refractivity contribution in [3.63, 3.8) is 0 Å². The first-order valence-corrected chi connectivity index (χ1v) is 11.4. The van der Waals surface area contributed by atoms with Crippen LogP contribution in [0.2, 0.25) is 0 Å². The van der Waals surface area contributed by atoms with Gasteiger partial charge < -0.3 is 9.64 Å². The van der Waals surface area contributed by atoms with E-state index in [9.17, 15) is 0 Å². The predicted octanol–water partition coefficient (Wildman–Crippen LogP) is 6.80. The second-order valence-electron chi connectivity index (χ2n) is 8.13. The maximum absolute atomic E-state index is 5.91. The fourth-order valence-corrected chi connectivity index (χ4v) is 4.09. The lowest BCUT2D eigenvalue weighted by Crippen LogP contribution is -2.19. The summed E-state index contributed by atoms with van der Waals surface area (Å²) in [6, 6.07) is 29.9. The normalized spacial score (nSPS) is 12.6. The molecule has 3 aromatic carbocycles. The number of nitrogens with zero attached hydrogens (tertiary/aromatic N) is 1. The number of hydrogen-bond acceptors (Lipinski definition) is 2. The molecule has 30 heavy (non-hydrogen) atoms. The monoisotopic (exact) mass is 511 g/mol. The van der Waals surface area contributed by atoms with Gasteiger partial charge in [-0.2, -0.15) is 0 Å². The number of ether oxygens (including phenoxy) is 1. The molecule has 3 heteroatoms. The zero-order valence-electron chi connectivity index (χ0n) is 18.2. The summed E-state index contributed by atoms with van der Waals surface area (Å²) in [6.45, 7) is 6.14. The Kier molecular flexibility index (Phi) is 7.73. The Labute approximate surface area is 194 Å². The van der Waals surface area contributed by atoms with Gasteiger partial charge in [0.05, 0.1) is 0 Å². The molecule has 0 saturated carbocycles. The molecule has 0 bridgehead atoms. The maximum Gasteiger partial charge on any atom is 0.119 e. The molecule has 0 unspecified atom stereocenters. The maximum atomic E-state index is 5.91. The highest BCUT2D eigenvalue weighted by atomic mass is 127. The molecule has 2 nitrogen and oxygen atoms in total. The van der Waals surface area contributed by atoms with Gasteiger partial charge in [0, 0.05) is 9.97 Å². The second kappa shape index (κ2) is 10.3. The van der Waals surface area contributed by atoms with E-state index < -0.39 is 0 Å². The van der Waals surface area contributed by atoms with Crippen LogP contribution in [0.5, 0.6) is 5.75 Å². The fraction of sp³-hybridized carbons (Fsp3) is 0.259. The van der Waals surface area contributed by atoms with Crippen LogP contribution >= 0.6 is 22.6 Å². The van der Waals surface area contributed by atoms with Crippen LogP contribution in [0, 0.1) is 0 Å². The van der Waals surface area contributed by atoms with Gasteiger partial charge in [-0.1, -0.05) is 95.4 Å². The zero-order chi connectivity index (χ0) is 21.6. The summed E-state index contributed by atoms with van der Waals surface area (Å²) in [6.07, 6.45) is 0. The molecule has 156 valence electrons. The lowest BCUT2D eigenvalue weighted by Gasteiger charge is -2.27. The third kappa shape index (κ3) is 5.96. The molecule has 0 atom stereocenters. The van der Waals surface area contributed by atoms with Crippen LogP contribution in [0.4, 0.5) is 0 Å². The first-order valence-electron chi connectivity index (χ1n) is 10.3. The quantitative estimate of drug-likeness (QED) is 0.187. The van der Waals surface area contributed by atoms with E-state index in [0.717, 1.165) is 12.3 Å². The number of likely N-dealkylation sites (N-methyl/N-ethyl adjacent to an activating group) is 1. The SMILES string of the molecule is CN(C)CCOc1ccc(/C(=C(\c2ccccc2)C(C)(C)I)c2ccccc2)cc1. The van der Waals surface area contributed by atoms with Crippen molar-refractivity contribution in [2.45, 2.75) is 17.3 Å². The van der Waals surface area contributed by atoms with Gasteiger partial charge in [0.2, 0.25) is 0 Å². The Morgan fingerprint density at radius 1 is 0.767 bits per heavy atom. The van der Waals surface area contributed by atoms with Gasteiger partial charge in [-0.25, -0.2) is 0 Å². The molecule has 0 heterocycles. The van der Waals surface area contributed by atoms with Crippen molar-refractivity contribution in [3.05, 3.63) is 102 Å². The fourth-order valence-electron chi connectivity index (χ4n) is 3.51. The molecule has 0 aliphatic heterocycles. The summed E-state index contributed by atoms with van der Waals surface area (Å²) in [5.41, 5.74) is 6.27. The van der Waals surface area contributed by atoms with E-state index in [1.54, 1.807) is 0 Å². The van der Waals surface area contributed by atoms with Crippen molar-refractivity contribution in [3.8, 4) is 5.75 Å². The molecule has 0 fully saturated rings. The largest absolute Gasteiger partial charge is 0.492 e. The van der Waals surface area contributed by atoms with Crippen molar-refractivity contribution in [1.82, 2.24) is 4.90 Å². The second-order valence-corrected chi connectivity index (χ2v) is 10.8. The molecular weight excluding hydrogens is 481 g/mol. The van der Waals surface area contributed by atoms with Crippen molar-refractivity contribution in [1.29, 1.82) is 0 Å². The summed E-state index contributed by atoms with van der Waals surface area (Å²) in [4.78, 5) is 2.12. The van der Waals surface area contributed by atoms with Crippen LogP contribution in [-0.4, -0.2) is 35.6 Å². The highest BCUT2D eigenvalue weighted by Gasteiger charge is 2.26. The average molecular weight is 511 g/mol. The van der Waals surface area contributed by atoms with E-state index >= 15 is 0 Å². The number of allylic oxidation sites excluding steroid dienone is 1. The molecule has 0 aliphatic carbocycles. The molecule has 0 radical (unpaired) electrons. The Hall–Kier alpha value is -2.11. The number of halogens is 1. The predicted molar refractivity (Wildman–Crippen MR) is 137 cm³/mol. The van der Waals surface area contributed by atoms with Gasteiger partial charge in [0.1, 0.15) is 12.4 Å². The average Bonchev–Trinajstić information content (AvgIpc) is 2.73. The summed E-state index contributed by atoms with van der Waals surface area (Å²) >= 11 is 2.55. The van der Waals surface area contributed by atoms with E-state index in [2.05, 4.69) is 140 Å². The number of alkyl halides is 1. The van der Waals surface area contributed by atoms with Gasteiger partial charge >= 0.3 is 0 Å². The third-order valence-corrected chi connectivity index (χ3v) is 5.46. The minimum absolute atomic E-state index is 0.0504. The summed E-state index contributed by atoms with van der Waals surface area (Å²) in [5, 5.41) is 0. The summed E-state index contributed by atoms with van der Waals surface area (Å²) < 4.78 is 5.86. The molecule has 0 saturated heterocycles. The van der Waals surface area contributed by atoms with Crippen molar-refractivity contribution >= 4 is 33.7 Å². The number of benzene rings is 3. The lowest BCUT2D eigenvalue weighted by atomic mass is 9.84. The highest BCUT2D eigenvalue weighted by molar-refractivity contribution is 14.1. The Morgan fingerprint density at radius 3 is 1.77 bits per heavy atom. The summed E-state index contributed by atoms with van der Waals surface area (Å²) in [7, 11) is 4.11. The lowest BCUT2D eigenvalue weighted by molar-refractivity contribution is 0.261. The Balaban J connectivity index is 2.11.